The molecule has 244 valence electrons. The Balaban J connectivity index is 2.52. The second-order valence-corrected chi connectivity index (χ2v) is 11.8. The number of nitrogens with one attached hydrogen (secondary N) is 2. The van der Waals surface area contributed by atoms with E-state index in [9.17, 15) is 19.2 Å². The van der Waals surface area contributed by atoms with E-state index in [0.717, 1.165) is 31.2 Å². The number of terminal acetylenes is 1. The van der Waals surface area contributed by atoms with E-state index in [1.54, 1.807) is 52.0 Å². The molecule has 0 aromatic heterocycles. The molecule has 2 aromatic rings. The quantitative estimate of drug-likeness (QED) is 0.133. The molecule has 0 heterocycles. The fourth-order valence-corrected chi connectivity index (χ4v) is 4.80. The molecule has 3 amide bonds. The van der Waals surface area contributed by atoms with Crippen LogP contribution in [0.15, 0.2) is 54.6 Å². The molecule has 0 aliphatic carbocycles. The minimum Gasteiger partial charge on any atom is -0.466 e. The van der Waals surface area contributed by atoms with Gasteiger partial charge in [-0.05, 0) is 57.4 Å². The number of alkyl carbamates (subject to hydrolysis) is 1. The van der Waals surface area contributed by atoms with Crippen molar-refractivity contribution >= 4 is 23.9 Å². The number of rotatable bonds is 17. The van der Waals surface area contributed by atoms with Crippen molar-refractivity contribution in [3.8, 4) is 12.3 Å². The second kappa shape index (κ2) is 19.1. The number of hydrogen-bond acceptors (Lipinski definition) is 6. The maximum Gasteiger partial charge on any atom is 0.408 e. The van der Waals surface area contributed by atoms with Gasteiger partial charge in [0.15, 0.2) is 0 Å². The lowest BCUT2D eigenvalue weighted by Gasteiger charge is -2.34. The summed E-state index contributed by atoms with van der Waals surface area (Å²) in [5.74, 6) is 1.27. The van der Waals surface area contributed by atoms with Crippen molar-refractivity contribution in [2.45, 2.75) is 97.2 Å². The Morgan fingerprint density at radius 3 is 2.20 bits per heavy atom. The zero-order valence-corrected chi connectivity index (χ0v) is 27.4. The lowest BCUT2D eigenvalue weighted by Crippen LogP contribution is -2.54. The maximum absolute atomic E-state index is 14.5. The van der Waals surface area contributed by atoms with Crippen LogP contribution in [-0.4, -0.2) is 60.1 Å². The smallest absolute Gasteiger partial charge is 0.408 e. The van der Waals surface area contributed by atoms with Gasteiger partial charge in [0.25, 0.3) is 0 Å². The molecule has 2 N–H and O–H groups in total. The average Bonchev–Trinajstić information content (AvgIpc) is 2.99. The summed E-state index contributed by atoms with van der Waals surface area (Å²) < 4.78 is 10.5. The lowest BCUT2D eigenvalue weighted by molar-refractivity contribution is -0.144. The third kappa shape index (κ3) is 13.5. The van der Waals surface area contributed by atoms with Crippen LogP contribution in [-0.2, 0) is 30.3 Å². The minimum atomic E-state index is -1.04. The summed E-state index contributed by atoms with van der Waals surface area (Å²) in [6.07, 6.45) is 9.69. The van der Waals surface area contributed by atoms with E-state index in [4.69, 9.17) is 15.9 Å². The van der Waals surface area contributed by atoms with E-state index in [1.807, 2.05) is 30.3 Å². The van der Waals surface area contributed by atoms with E-state index in [2.05, 4.69) is 23.5 Å². The molecule has 0 spiro atoms. The van der Waals surface area contributed by atoms with E-state index < -0.39 is 41.6 Å². The molecule has 2 unspecified atom stereocenters. The predicted molar refractivity (Wildman–Crippen MR) is 175 cm³/mol. The van der Waals surface area contributed by atoms with E-state index >= 15 is 0 Å². The SMILES string of the molecule is C#Cc1ccc(C(C(=O)NCCC(=O)OCC)N(CCCCCCC)C(=O)C(Cc2ccccc2)NC(=O)OC(C)(C)C)cc1. The highest BCUT2D eigenvalue weighted by atomic mass is 16.6. The van der Waals surface area contributed by atoms with Crippen LogP contribution in [0.4, 0.5) is 4.79 Å². The van der Waals surface area contributed by atoms with Crippen LogP contribution >= 0.6 is 0 Å². The Hall–Kier alpha value is -4.32. The van der Waals surface area contributed by atoms with Gasteiger partial charge in [0.05, 0.1) is 13.0 Å². The first-order chi connectivity index (χ1) is 21.5. The average molecular weight is 620 g/mol. The molecule has 0 aliphatic rings. The van der Waals surface area contributed by atoms with Crippen LogP contribution in [0, 0.1) is 12.3 Å². The number of esters is 1. The number of unbranched alkanes of at least 4 members (excludes halogenated alkanes) is 4. The number of carbonyl (C=O) groups excluding carboxylic acids is 4. The molecule has 0 radical (unpaired) electrons. The van der Waals surface area contributed by atoms with Gasteiger partial charge in [0.2, 0.25) is 11.8 Å². The van der Waals surface area contributed by atoms with Crippen LogP contribution in [0.2, 0.25) is 0 Å². The number of nitrogens with zero attached hydrogens (tertiary/aromatic N) is 1. The van der Waals surface area contributed by atoms with Crippen LogP contribution < -0.4 is 10.6 Å². The fourth-order valence-electron chi connectivity index (χ4n) is 4.80. The molecule has 9 nitrogen and oxygen atoms in total. The molecular formula is C36H49N3O6. The van der Waals surface area contributed by atoms with Crippen molar-refractivity contribution in [3.63, 3.8) is 0 Å². The molecular weight excluding hydrogens is 570 g/mol. The molecule has 0 fully saturated rings. The van der Waals surface area contributed by atoms with Gasteiger partial charge >= 0.3 is 12.1 Å². The molecule has 9 heteroatoms. The Morgan fingerprint density at radius 2 is 1.60 bits per heavy atom. The molecule has 2 aromatic carbocycles. The molecule has 2 atom stereocenters. The molecule has 0 bridgehead atoms. The van der Waals surface area contributed by atoms with Crippen LogP contribution in [0.1, 0.15) is 95.9 Å². The highest BCUT2D eigenvalue weighted by Gasteiger charge is 2.36. The van der Waals surface area contributed by atoms with E-state index in [-0.39, 0.29) is 32.5 Å². The van der Waals surface area contributed by atoms with Crippen molar-refractivity contribution in [1.29, 1.82) is 0 Å². The third-order valence-corrected chi connectivity index (χ3v) is 6.94. The molecule has 45 heavy (non-hydrogen) atoms. The van der Waals surface area contributed by atoms with Crippen LogP contribution in [0.5, 0.6) is 0 Å². The van der Waals surface area contributed by atoms with Crippen LogP contribution in [0.3, 0.4) is 0 Å². The monoisotopic (exact) mass is 619 g/mol. The van der Waals surface area contributed by atoms with Gasteiger partial charge in [0.1, 0.15) is 17.7 Å². The van der Waals surface area contributed by atoms with Crippen molar-refractivity contribution < 1.29 is 28.7 Å². The van der Waals surface area contributed by atoms with E-state index in [1.165, 1.54) is 4.90 Å². The summed E-state index contributed by atoms with van der Waals surface area (Å²) >= 11 is 0. The standard InChI is InChI=1S/C36H49N3O6/c1-7-10-11-12-16-25-39(34(42)30(26-28-17-14-13-15-18-28)38-35(43)45-36(4,5)6)32(29-21-19-27(8-2)20-22-29)33(41)37-24-23-31(40)44-9-3/h2,13-15,17-22,30,32H,7,9-12,16,23-26H2,1,3-6H3,(H,37,41)(H,38,43). The highest BCUT2D eigenvalue weighted by Crippen LogP contribution is 2.25. The predicted octanol–water partition coefficient (Wildman–Crippen LogP) is 5.71. The van der Waals surface area contributed by atoms with Gasteiger partial charge in [0, 0.05) is 25.1 Å². The van der Waals surface area contributed by atoms with E-state index in [0.29, 0.717) is 17.5 Å². The van der Waals surface area contributed by atoms with Crippen molar-refractivity contribution in [3.05, 3.63) is 71.3 Å². The van der Waals surface area contributed by atoms with Gasteiger partial charge < -0.3 is 25.0 Å². The first-order valence-corrected chi connectivity index (χ1v) is 15.8. The highest BCUT2D eigenvalue weighted by molar-refractivity contribution is 5.92. The Morgan fingerprint density at radius 1 is 0.933 bits per heavy atom. The van der Waals surface area contributed by atoms with Crippen molar-refractivity contribution in [1.82, 2.24) is 15.5 Å². The largest absolute Gasteiger partial charge is 0.466 e. The van der Waals surface area contributed by atoms with Gasteiger partial charge in [-0.25, -0.2) is 4.79 Å². The number of hydrogen-bond donors (Lipinski definition) is 2. The number of amides is 3. The Bertz CT molecular complexity index is 1260. The fraction of sp³-hybridized carbons (Fsp3) is 0.500. The summed E-state index contributed by atoms with van der Waals surface area (Å²) in [6.45, 7) is 9.65. The lowest BCUT2D eigenvalue weighted by atomic mass is 9.98. The molecule has 0 saturated heterocycles. The summed E-state index contributed by atoms with van der Waals surface area (Å²) in [4.78, 5) is 54.9. The van der Waals surface area contributed by atoms with Gasteiger partial charge in [-0.1, -0.05) is 81.0 Å². The Labute approximate surface area is 268 Å². The summed E-state index contributed by atoms with van der Waals surface area (Å²) in [5, 5.41) is 5.60. The third-order valence-electron chi connectivity index (χ3n) is 6.94. The van der Waals surface area contributed by atoms with Crippen molar-refractivity contribution in [2.24, 2.45) is 0 Å². The Kier molecular flexibility index (Phi) is 15.7. The zero-order valence-electron chi connectivity index (χ0n) is 27.4. The van der Waals surface area contributed by atoms with Gasteiger partial charge in [-0.15, -0.1) is 6.42 Å². The second-order valence-electron chi connectivity index (χ2n) is 11.8. The normalized spacial score (nSPS) is 12.3. The zero-order chi connectivity index (χ0) is 33.2. The first kappa shape index (κ1) is 36.9. The number of benzene rings is 2. The molecule has 2 rings (SSSR count). The topological polar surface area (TPSA) is 114 Å². The summed E-state index contributed by atoms with van der Waals surface area (Å²) in [6, 6.07) is 14.2. The summed E-state index contributed by atoms with van der Waals surface area (Å²) in [5.41, 5.74) is 1.25. The van der Waals surface area contributed by atoms with Crippen LogP contribution in [0.25, 0.3) is 0 Å². The first-order valence-electron chi connectivity index (χ1n) is 15.8. The van der Waals surface area contributed by atoms with Crippen molar-refractivity contribution in [2.75, 3.05) is 19.7 Å². The number of ether oxygens (including phenoxy) is 2. The number of carbonyl (C=O) groups is 4. The molecule has 0 saturated carbocycles. The molecule has 0 aliphatic heterocycles. The maximum atomic E-state index is 14.5. The van der Waals surface area contributed by atoms with Gasteiger partial charge in [-0.2, -0.15) is 0 Å². The summed E-state index contributed by atoms with van der Waals surface area (Å²) in [7, 11) is 0. The minimum absolute atomic E-state index is 0.00979. The van der Waals surface area contributed by atoms with Gasteiger partial charge in [-0.3, -0.25) is 14.4 Å².